The van der Waals surface area contributed by atoms with Crippen LogP contribution in [0.1, 0.15) is 17.1 Å². The lowest BCUT2D eigenvalue weighted by Crippen LogP contribution is -2.36. The van der Waals surface area contributed by atoms with Crippen molar-refractivity contribution in [3.05, 3.63) is 47.5 Å². The third-order valence-electron chi connectivity index (χ3n) is 2.97. The summed E-state index contributed by atoms with van der Waals surface area (Å²) >= 11 is 0. The molecule has 2 aromatic rings. The fourth-order valence-electron chi connectivity index (χ4n) is 1.84. The first-order valence-corrected chi connectivity index (χ1v) is 6.53. The lowest BCUT2D eigenvalue weighted by molar-refractivity contribution is 0.683. The van der Waals surface area contributed by atoms with Gasteiger partial charge in [-0.15, -0.1) is 0 Å². The number of hydrogen-bond acceptors (Lipinski definition) is 3. The molecule has 0 saturated carbocycles. The SMILES string of the molecule is CN=C(NCc1cccc(C)n1)NCc1ccnn1C. The van der Waals surface area contributed by atoms with Gasteiger partial charge in [0, 0.05) is 26.0 Å². The third-order valence-corrected chi connectivity index (χ3v) is 2.97. The van der Waals surface area contributed by atoms with Gasteiger partial charge in [-0.05, 0) is 25.1 Å². The molecule has 106 valence electrons. The normalized spacial score (nSPS) is 11.4. The van der Waals surface area contributed by atoms with E-state index in [-0.39, 0.29) is 0 Å². The first kappa shape index (κ1) is 14.0. The van der Waals surface area contributed by atoms with Crippen molar-refractivity contribution in [3.8, 4) is 0 Å². The zero-order valence-corrected chi connectivity index (χ0v) is 12.1. The van der Waals surface area contributed by atoms with Crippen molar-refractivity contribution in [2.24, 2.45) is 12.0 Å². The Balaban J connectivity index is 1.85. The second-order valence-electron chi connectivity index (χ2n) is 4.50. The van der Waals surface area contributed by atoms with E-state index in [9.17, 15) is 0 Å². The van der Waals surface area contributed by atoms with Crippen LogP contribution < -0.4 is 10.6 Å². The molecule has 0 aromatic carbocycles. The Morgan fingerprint density at radius 2 is 2.05 bits per heavy atom. The summed E-state index contributed by atoms with van der Waals surface area (Å²) in [6, 6.07) is 7.96. The van der Waals surface area contributed by atoms with Crippen molar-refractivity contribution in [2.75, 3.05) is 7.05 Å². The molecule has 6 heteroatoms. The Hall–Kier alpha value is -2.37. The van der Waals surface area contributed by atoms with Crippen molar-refractivity contribution in [3.63, 3.8) is 0 Å². The molecule has 2 heterocycles. The van der Waals surface area contributed by atoms with Gasteiger partial charge >= 0.3 is 0 Å². The maximum Gasteiger partial charge on any atom is 0.191 e. The van der Waals surface area contributed by atoms with Gasteiger partial charge in [-0.2, -0.15) is 5.10 Å². The minimum absolute atomic E-state index is 0.646. The predicted octanol–water partition coefficient (Wildman–Crippen LogP) is 0.989. The Morgan fingerprint density at radius 1 is 1.25 bits per heavy atom. The number of rotatable bonds is 4. The quantitative estimate of drug-likeness (QED) is 0.643. The van der Waals surface area contributed by atoms with Crippen LogP contribution >= 0.6 is 0 Å². The van der Waals surface area contributed by atoms with Crippen LogP contribution in [0.2, 0.25) is 0 Å². The third kappa shape index (κ3) is 3.81. The largest absolute Gasteiger partial charge is 0.351 e. The molecule has 0 radical (unpaired) electrons. The summed E-state index contributed by atoms with van der Waals surface area (Å²) in [4.78, 5) is 8.64. The van der Waals surface area contributed by atoms with Gasteiger partial charge < -0.3 is 10.6 Å². The lowest BCUT2D eigenvalue weighted by atomic mass is 10.3. The number of aromatic nitrogens is 3. The molecule has 0 atom stereocenters. The molecule has 0 bridgehead atoms. The van der Waals surface area contributed by atoms with Crippen molar-refractivity contribution in [1.82, 2.24) is 25.4 Å². The van der Waals surface area contributed by atoms with E-state index in [0.29, 0.717) is 13.1 Å². The topological polar surface area (TPSA) is 67.1 Å². The molecular weight excluding hydrogens is 252 g/mol. The molecule has 0 fully saturated rings. The average molecular weight is 272 g/mol. The van der Waals surface area contributed by atoms with Gasteiger partial charge in [0.1, 0.15) is 0 Å². The van der Waals surface area contributed by atoms with Crippen LogP contribution in [-0.4, -0.2) is 27.8 Å². The van der Waals surface area contributed by atoms with Crippen LogP contribution in [0.25, 0.3) is 0 Å². The first-order chi connectivity index (χ1) is 9.69. The molecule has 0 aliphatic heterocycles. The van der Waals surface area contributed by atoms with Crippen LogP contribution in [0.15, 0.2) is 35.5 Å². The van der Waals surface area contributed by atoms with E-state index in [4.69, 9.17) is 0 Å². The maximum absolute atomic E-state index is 4.44. The van der Waals surface area contributed by atoms with Gasteiger partial charge in [0.2, 0.25) is 0 Å². The first-order valence-electron chi connectivity index (χ1n) is 6.53. The molecular formula is C14H20N6. The summed E-state index contributed by atoms with van der Waals surface area (Å²) in [5.74, 6) is 0.745. The molecule has 0 aliphatic rings. The highest BCUT2D eigenvalue weighted by Gasteiger charge is 2.02. The van der Waals surface area contributed by atoms with Crippen LogP contribution in [0, 0.1) is 6.92 Å². The van der Waals surface area contributed by atoms with E-state index in [1.165, 1.54) is 0 Å². The highest BCUT2D eigenvalue weighted by molar-refractivity contribution is 5.79. The smallest absolute Gasteiger partial charge is 0.191 e. The van der Waals surface area contributed by atoms with E-state index in [0.717, 1.165) is 23.0 Å². The summed E-state index contributed by atoms with van der Waals surface area (Å²) in [7, 11) is 3.67. The molecule has 2 rings (SSSR count). The second kappa shape index (κ2) is 6.70. The van der Waals surface area contributed by atoms with Gasteiger partial charge in [-0.25, -0.2) is 0 Å². The summed E-state index contributed by atoms with van der Waals surface area (Å²) in [5.41, 5.74) is 3.11. The predicted molar refractivity (Wildman–Crippen MR) is 79.2 cm³/mol. The van der Waals surface area contributed by atoms with E-state index < -0.39 is 0 Å². The number of pyridine rings is 1. The summed E-state index contributed by atoms with van der Waals surface area (Å²) < 4.78 is 1.84. The zero-order valence-electron chi connectivity index (χ0n) is 12.1. The second-order valence-corrected chi connectivity index (χ2v) is 4.50. The molecule has 0 unspecified atom stereocenters. The number of aliphatic imine (C=N–C) groups is 1. The van der Waals surface area contributed by atoms with Gasteiger partial charge in [0.05, 0.1) is 24.5 Å². The minimum Gasteiger partial charge on any atom is -0.351 e. The summed E-state index contributed by atoms with van der Waals surface area (Å²) in [6.07, 6.45) is 1.78. The Morgan fingerprint density at radius 3 is 2.70 bits per heavy atom. The van der Waals surface area contributed by atoms with E-state index >= 15 is 0 Å². The minimum atomic E-state index is 0.646. The zero-order chi connectivity index (χ0) is 14.4. The van der Waals surface area contributed by atoms with Crippen molar-refractivity contribution >= 4 is 5.96 Å². The highest BCUT2D eigenvalue weighted by atomic mass is 15.3. The molecule has 0 aliphatic carbocycles. The highest BCUT2D eigenvalue weighted by Crippen LogP contribution is 1.98. The fourth-order valence-corrected chi connectivity index (χ4v) is 1.84. The summed E-state index contributed by atoms with van der Waals surface area (Å²) in [6.45, 7) is 3.31. The van der Waals surface area contributed by atoms with Crippen LogP contribution in [0.5, 0.6) is 0 Å². The van der Waals surface area contributed by atoms with Crippen LogP contribution in [0.3, 0.4) is 0 Å². The van der Waals surface area contributed by atoms with Crippen LogP contribution in [-0.2, 0) is 20.1 Å². The Bertz CT molecular complexity index is 587. The van der Waals surface area contributed by atoms with E-state index in [1.807, 2.05) is 42.9 Å². The average Bonchev–Trinajstić information content (AvgIpc) is 2.85. The van der Waals surface area contributed by atoms with E-state index in [2.05, 4.69) is 25.7 Å². The fraction of sp³-hybridized carbons (Fsp3) is 0.357. The number of nitrogens with one attached hydrogen (secondary N) is 2. The molecule has 6 nitrogen and oxygen atoms in total. The number of hydrogen-bond donors (Lipinski definition) is 2. The molecule has 2 aromatic heterocycles. The molecule has 0 saturated heterocycles. The lowest BCUT2D eigenvalue weighted by Gasteiger charge is -2.11. The monoisotopic (exact) mass is 272 g/mol. The standard InChI is InChI=1S/C14H20N6/c1-11-5-4-6-12(19-11)9-16-14(15-2)17-10-13-7-8-18-20(13)3/h4-8H,9-10H2,1-3H3,(H2,15,16,17). The maximum atomic E-state index is 4.44. The van der Waals surface area contributed by atoms with Gasteiger partial charge in [-0.3, -0.25) is 14.7 Å². The number of aryl methyl sites for hydroxylation is 2. The number of guanidine groups is 1. The molecule has 20 heavy (non-hydrogen) atoms. The van der Waals surface area contributed by atoms with Crippen molar-refractivity contribution < 1.29 is 0 Å². The van der Waals surface area contributed by atoms with Gasteiger partial charge in [0.25, 0.3) is 0 Å². The molecule has 0 amide bonds. The Kier molecular flexibility index (Phi) is 4.70. The summed E-state index contributed by atoms with van der Waals surface area (Å²) in [5, 5.41) is 10.6. The van der Waals surface area contributed by atoms with Gasteiger partial charge in [0.15, 0.2) is 5.96 Å². The molecule has 2 N–H and O–H groups in total. The number of nitrogens with zero attached hydrogens (tertiary/aromatic N) is 4. The van der Waals surface area contributed by atoms with Crippen molar-refractivity contribution in [1.29, 1.82) is 0 Å². The van der Waals surface area contributed by atoms with Gasteiger partial charge in [-0.1, -0.05) is 6.07 Å². The van der Waals surface area contributed by atoms with E-state index in [1.54, 1.807) is 13.2 Å². The molecule has 0 spiro atoms. The Labute approximate surface area is 119 Å². The van der Waals surface area contributed by atoms with Crippen molar-refractivity contribution in [2.45, 2.75) is 20.0 Å². The van der Waals surface area contributed by atoms with Crippen LogP contribution in [0.4, 0.5) is 0 Å².